The maximum atomic E-state index is 5.39. The number of nitrogens with zero attached hydrogens (tertiary/aromatic N) is 3. The van der Waals surface area contributed by atoms with Crippen molar-refractivity contribution in [1.29, 1.82) is 0 Å². The Labute approximate surface area is 141 Å². The van der Waals surface area contributed by atoms with E-state index in [1.165, 1.54) is 25.9 Å². The van der Waals surface area contributed by atoms with E-state index in [1.54, 1.807) is 0 Å². The number of guanidine groups is 1. The predicted molar refractivity (Wildman–Crippen MR) is 96.1 cm³/mol. The molecule has 6 nitrogen and oxygen atoms in total. The summed E-state index contributed by atoms with van der Waals surface area (Å²) in [6.45, 7) is 15.6. The zero-order chi connectivity index (χ0) is 16.5. The maximum Gasteiger partial charge on any atom is 0.191 e. The van der Waals surface area contributed by atoms with Crippen molar-refractivity contribution in [1.82, 2.24) is 20.4 Å². The summed E-state index contributed by atoms with van der Waals surface area (Å²) in [4.78, 5) is 9.74. The molecule has 0 aromatic heterocycles. The number of hydrogen-bond donors (Lipinski definition) is 2. The second-order valence-electron chi connectivity index (χ2n) is 6.76. The Bertz CT molecular complexity index is 347. The summed E-state index contributed by atoms with van der Waals surface area (Å²) in [6.07, 6.45) is 2.40. The molecular weight excluding hydrogens is 290 g/mol. The highest BCUT2D eigenvalue weighted by Gasteiger charge is 2.21. The molecule has 2 aliphatic heterocycles. The molecule has 0 spiro atoms. The van der Waals surface area contributed by atoms with Crippen LogP contribution >= 0.6 is 0 Å². The lowest BCUT2D eigenvalue weighted by molar-refractivity contribution is 0.0394. The molecule has 0 aromatic carbocycles. The van der Waals surface area contributed by atoms with Crippen LogP contribution in [-0.2, 0) is 4.74 Å². The summed E-state index contributed by atoms with van der Waals surface area (Å²) in [5, 5.41) is 7.01. The van der Waals surface area contributed by atoms with E-state index in [2.05, 4.69) is 41.2 Å². The molecule has 2 rings (SSSR count). The van der Waals surface area contributed by atoms with Gasteiger partial charge in [-0.3, -0.25) is 9.89 Å². The van der Waals surface area contributed by atoms with Gasteiger partial charge in [0.25, 0.3) is 0 Å². The van der Waals surface area contributed by atoms with Gasteiger partial charge in [0, 0.05) is 51.4 Å². The fourth-order valence-corrected chi connectivity index (χ4v) is 3.20. The molecule has 0 unspecified atom stereocenters. The SMILES string of the molecule is CCNC(=NCCN1CCOCC1)NC1CCN(C(C)C)CC1. The molecule has 2 saturated heterocycles. The zero-order valence-corrected chi connectivity index (χ0v) is 15.2. The topological polar surface area (TPSA) is 52.1 Å². The van der Waals surface area contributed by atoms with Gasteiger partial charge in [0.2, 0.25) is 0 Å². The normalized spacial score (nSPS) is 22.5. The molecule has 0 saturated carbocycles. The van der Waals surface area contributed by atoms with Crippen LogP contribution in [0.4, 0.5) is 0 Å². The molecule has 0 aliphatic carbocycles. The first-order valence-corrected chi connectivity index (χ1v) is 9.28. The smallest absolute Gasteiger partial charge is 0.191 e. The van der Waals surface area contributed by atoms with E-state index >= 15 is 0 Å². The molecule has 23 heavy (non-hydrogen) atoms. The number of likely N-dealkylation sites (tertiary alicyclic amines) is 1. The second kappa shape index (κ2) is 10.1. The van der Waals surface area contributed by atoms with Gasteiger partial charge in [-0.1, -0.05) is 0 Å². The van der Waals surface area contributed by atoms with E-state index < -0.39 is 0 Å². The molecule has 0 radical (unpaired) electrons. The van der Waals surface area contributed by atoms with Crippen molar-refractivity contribution in [2.75, 3.05) is 59.0 Å². The van der Waals surface area contributed by atoms with Gasteiger partial charge in [0.15, 0.2) is 5.96 Å². The van der Waals surface area contributed by atoms with E-state index in [9.17, 15) is 0 Å². The summed E-state index contributed by atoms with van der Waals surface area (Å²) in [5.74, 6) is 0.976. The van der Waals surface area contributed by atoms with Crippen LogP contribution in [0.3, 0.4) is 0 Å². The number of piperidine rings is 1. The summed E-state index contributed by atoms with van der Waals surface area (Å²) in [5.41, 5.74) is 0. The Morgan fingerprint density at radius 2 is 1.87 bits per heavy atom. The van der Waals surface area contributed by atoms with Gasteiger partial charge in [-0.05, 0) is 33.6 Å². The average Bonchev–Trinajstić information content (AvgIpc) is 2.56. The van der Waals surface area contributed by atoms with E-state index in [-0.39, 0.29) is 0 Å². The van der Waals surface area contributed by atoms with Crippen molar-refractivity contribution in [2.45, 2.75) is 45.7 Å². The van der Waals surface area contributed by atoms with Gasteiger partial charge in [-0.2, -0.15) is 0 Å². The summed E-state index contributed by atoms with van der Waals surface area (Å²) < 4.78 is 5.39. The number of morpholine rings is 1. The Kier molecular flexibility index (Phi) is 8.12. The third kappa shape index (κ3) is 6.65. The van der Waals surface area contributed by atoms with Crippen molar-refractivity contribution >= 4 is 5.96 Å². The zero-order valence-electron chi connectivity index (χ0n) is 15.2. The van der Waals surface area contributed by atoms with Crippen LogP contribution in [0.15, 0.2) is 4.99 Å². The highest BCUT2D eigenvalue weighted by Crippen LogP contribution is 2.12. The van der Waals surface area contributed by atoms with Crippen LogP contribution in [-0.4, -0.2) is 86.9 Å². The van der Waals surface area contributed by atoms with Crippen LogP contribution in [0.25, 0.3) is 0 Å². The molecular formula is C17H35N5O. The molecule has 2 aliphatic rings. The molecule has 134 valence electrons. The molecule has 2 N–H and O–H groups in total. The number of rotatable bonds is 6. The minimum atomic E-state index is 0.547. The number of aliphatic imine (C=N–C) groups is 1. The standard InChI is InChI=1S/C17H35N5O/c1-4-18-17(19-7-10-21-11-13-23-14-12-21)20-16-5-8-22(9-6-16)15(2)3/h15-16H,4-14H2,1-3H3,(H2,18,19,20). The van der Waals surface area contributed by atoms with Gasteiger partial charge in [-0.15, -0.1) is 0 Å². The predicted octanol–water partition coefficient (Wildman–Crippen LogP) is 0.747. The Morgan fingerprint density at radius 1 is 1.17 bits per heavy atom. The van der Waals surface area contributed by atoms with Crippen LogP contribution in [0, 0.1) is 0 Å². The molecule has 6 heteroatoms. The maximum absolute atomic E-state index is 5.39. The lowest BCUT2D eigenvalue weighted by Crippen LogP contribution is -2.50. The first-order valence-electron chi connectivity index (χ1n) is 9.28. The highest BCUT2D eigenvalue weighted by molar-refractivity contribution is 5.80. The number of nitrogens with one attached hydrogen (secondary N) is 2. The molecule has 0 aromatic rings. The van der Waals surface area contributed by atoms with Crippen LogP contribution in [0.5, 0.6) is 0 Å². The third-order valence-corrected chi connectivity index (χ3v) is 4.73. The first kappa shape index (κ1) is 18.5. The van der Waals surface area contributed by atoms with Gasteiger partial charge in [0.1, 0.15) is 0 Å². The van der Waals surface area contributed by atoms with Crippen LogP contribution < -0.4 is 10.6 Å². The highest BCUT2D eigenvalue weighted by atomic mass is 16.5. The molecule has 0 amide bonds. The van der Waals surface area contributed by atoms with Gasteiger partial charge < -0.3 is 20.3 Å². The van der Waals surface area contributed by atoms with Crippen molar-refractivity contribution < 1.29 is 4.74 Å². The van der Waals surface area contributed by atoms with Crippen molar-refractivity contribution in [3.63, 3.8) is 0 Å². The quantitative estimate of drug-likeness (QED) is 0.557. The van der Waals surface area contributed by atoms with Crippen molar-refractivity contribution in [3.05, 3.63) is 0 Å². The average molecular weight is 326 g/mol. The number of ether oxygens (including phenoxy) is 1. The monoisotopic (exact) mass is 325 g/mol. The fraction of sp³-hybridized carbons (Fsp3) is 0.941. The summed E-state index contributed by atoms with van der Waals surface area (Å²) >= 11 is 0. The van der Waals surface area contributed by atoms with Crippen molar-refractivity contribution in [3.8, 4) is 0 Å². The van der Waals surface area contributed by atoms with Crippen molar-refractivity contribution in [2.24, 2.45) is 4.99 Å². The van der Waals surface area contributed by atoms with E-state index in [0.717, 1.165) is 51.9 Å². The summed E-state index contributed by atoms with van der Waals surface area (Å²) in [7, 11) is 0. The second-order valence-corrected chi connectivity index (χ2v) is 6.76. The molecule has 0 bridgehead atoms. The van der Waals surface area contributed by atoms with E-state index in [4.69, 9.17) is 9.73 Å². The Morgan fingerprint density at radius 3 is 2.48 bits per heavy atom. The summed E-state index contributed by atoms with van der Waals surface area (Å²) in [6, 6.07) is 1.21. The molecule has 2 heterocycles. The molecule has 0 atom stereocenters. The van der Waals surface area contributed by atoms with E-state index in [0.29, 0.717) is 12.1 Å². The van der Waals surface area contributed by atoms with E-state index in [1.807, 2.05) is 0 Å². The van der Waals surface area contributed by atoms with Gasteiger partial charge >= 0.3 is 0 Å². The number of hydrogen-bond acceptors (Lipinski definition) is 4. The largest absolute Gasteiger partial charge is 0.379 e. The van der Waals surface area contributed by atoms with Gasteiger partial charge in [-0.25, -0.2) is 0 Å². The first-order chi connectivity index (χ1) is 11.2. The van der Waals surface area contributed by atoms with Gasteiger partial charge in [0.05, 0.1) is 19.8 Å². The third-order valence-electron chi connectivity index (χ3n) is 4.73. The Balaban J connectivity index is 1.73. The minimum Gasteiger partial charge on any atom is -0.379 e. The Hall–Kier alpha value is -0.850. The lowest BCUT2D eigenvalue weighted by atomic mass is 10.0. The lowest BCUT2D eigenvalue weighted by Gasteiger charge is -2.35. The minimum absolute atomic E-state index is 0.547. The fourth-order valence-electron chi connectivity index (χ4n) is 3.20. The van der Waals surface area contributed by atoms with Crippen LogP contribution in [0.2, 0.25) is 0 Å². The van der Waals surface area contributed by atoms with Crippen LogP contribution in [0.1, 0.15) is 33.6 Å². The molecule has 2 fully saturated rings.